The highest BCUT2D eigenvalue weighted by atomic mass is 16.5. The molecule has 0 aliphatic carbocycles. The van der Waals surface area contributed by atoms with Crippen molar-refractivity contribution in [2.24, 2.45) is 5.92 Å². The molecular formula is C15H29NO2. The summed E-state index contributed by atoms with van der Waals surface area (Å²) in [6.45, 7) is 6.53. The van der Waals surface area contributed by atoms with E-state index in [9.17, 15) is 4.79 Å². The van der Waals surface area contributed by atoms with Crippen molar-refractivity contribution in [1.29, 1.82) is 0 Å². The van der Waals surface area contributed by atoms with Gasteiger partial charge in [-0.05, 0) is 13.0 Å². The predicted molar refractivity (Wildman–Crippen MR) is 74.8 cm³/mol. The van der Waals surface area contributed by atoms with Crippen LogP contribution in [0.25, 0.3) is 0 Å². The molecule has 0 bridgehead atoms. The molecule has 1 saturated heterocycles. The Balaban J connectivity index is 2.12. The van der Waals surface area contributed by atoms with E-state index in [1.807, 2.05) is 0 Å². The van der Waals surface area contributed by atoms with E-state index in [-0.39, 0.29) is 12.0 Å². The Kier molecular flexibility index (Phi) is 8.27. The van der Waals surface area contributed by atoms with Crippen LogP contribution in [0.5, 0.6) is 0 Å². The molecule has 0 aromatic carbocycles. The molecule has 1 rings (SSSR count). The molecule has 0 spiro atoms. The highest BCUT2D eigenvalue weighted by Crippen LogP contribution is 2.18. The van der Waals surface area contributed by atoms with Crippen LogP contribution < -0.4 is 5.32 Å². The first-order chi connectivity index (χ1) is 8.79. The quantitative estimate of drug-likeness (QED) is 0.610. The van der Waals surface area contributed by atoms with E-state index in [4.69, 9.17) is 4.74 Å². The fourth-order valence-electron chi connectivity index (χ4n) is 2.60. The summed E-state index contributed by atoms with van der Waals surface area (Å²) in [4.78, 5) is 12.1. The zero-order valence-corrected chi connectivity index (χ0v) is 12.0. The fourth-order valence-corrected chi connectivity index (χ4v) is 2.60. The van der Waals surface area contributed by atoms with Crippen LogP contribution in [0.1, 0.15) is 58.8 Å². The summed E-state index contributed by atoms with van der Waals surface area (Å²) in [7, 11) is 0. The summed E-state index contributed by atoms with van der Waals surface area (Å²) >= 11 is 0. The summed E-state index contributed by atoms with van der Waals surface area (Å²) in [6, 6.07) is 0.252. The second-order valence-electron chi connectivity index (χ2n) is 5.29. The minimum Gasteiger partial charge on any atom is -0.379 e. The van der Waals surface area contributed by atoms with Gasteiger partial charge in [-0.15, -0.1) is 0 Å². The zero-order valence-electron chi connectivity index (χ0n) is 12.0. The minimum atomic E-state index is 0.0978. The number of unbranched alkanes of at least 4 members (excludes halogenated alkanes) is 5. The summed E-state index contributed by atoms with van der Waals surface area (Å²) in [6.07, 6.45) is 8.19. The maximum atomic E-state index is 12.1. The highest BCUT2D eigenvalue weighted by Gasteiger charge is 2.32. The van der Waals surface area contributed by atoms with Gasteiger partial charge in [0.2, 0.25) is 0 Å². The first kappa shape index (κ1) is 15.6. The van der Waals surface area contributed by atoms with Crippen molar-refractivity contribution in [1.82, 2.24) is 5.32 Å². The topological polar surface area (TPSA) is 38.3 Å². The van der Waals surface area contributed by atoms with Crippen LogP contribution in [0.15, 0.2) is 0 Å². The Morgan fingerprint density at radius 3 is 2.56 bits per heavy atom. The number of Topliss-reactive ketones (excluding diaryl/α,β-unsaturated/α-hetero) is 1. The van der Waals surface area contributed by atoms with Gasteiger partial charge in [0.15, 0.2) is 0 Å². The van der Waals surface area contributed by atoms with Gasteiger partial charge in [-0.3, -0.25) is 4.79 Å². The monoisotopic (exact) mass is 255 g/mol. The molecule has 0 aromatic rings. The summed E-state index contributed by atoms with van der Waals surface area (Å²) in [5, 5.41) is 3.35. The van der Waals surface area contributed by atoms with E-state index in [0.29, 0.717) is 19.0 Å². The first-order valence-electron chi connectivity index (χ1n) is 7.63. The summed E-state index contributed by atoms with van der Waals surface area (Å²) in [5.41, 5.74) is 0. The molecule has 0 amide bonds. The van der Waals surface area contributed by atoms with Crippen molar-refractivity contribution in [3.05, 3.63) is 0 Å². The van der Waals surface area contributed by atoms with Crippen molar-refractivity contribution in [3.8, 4) is 0 Å². The van der Waals surface area contributed by atoms with Crippen LogP contribution in [0.4, 0.5) is 0 Å². The standard InChI is InChI=1S/C15H29NO2/c1-3-5-6-7-8-9-10-15(17)13-11-18-12-14(13)16-4-2/h13-14,16H,3-12H2,1-2H3. The van der Waals surface area contributed by atoms with Crippen molar-refractivity contribution in [2.75, 3.05) is 19.8 Å². The summed E-state index contributed by atoms with van der Waals surface area (Å²) in [5.74, 6) is 0.495. The van der Waals surface area contributed by atoms with Gasteiger partial charge in [0.25, 0.3) is 0 Å². The first-order valence-corrected chi connectivity index (χ1v) is 7.63. The minimum absolute atomic E-state index is 0.0978. The molecule has 18 heavy (non-hydrogen) atoms. The Morgan fingerprint density at radius 1 is 1.11 bits per heavy atom. The Hall–Kier alpha value is -0.410. The molecule has 0 aromatic heterocycles. The Bertz CT molecular complexity index is 231. The molecule has 3 nitrogen and oxygen atoms in total. The van der Waals surface area contributed by atoms with E-state index in [2.05, 4.69) is 19.2 Å². The number of carbonyl (C=O) groups excluding carboxylic acids is 1. The highest BCUT2D eigenvalue weighted by molar-refractivity contribution is 5.82. The lowest BCUT2D eigenvalue weighted by Gasteiger charge is -2.16. The van der Waals surface area contributed by atoms with Gasteiger partial charge >= 0.3 is 0 Å². The summed E-state index contributed by atoms with van der Waals surface area (Å²) < 4.78 is 5.42. The van der Waals surface area contributed by atoms with Crippen LogP contribution in [0.2, 0.25) is 0 Å². The number of ether oxygens (including phenoxy) is 1. The van der Waals surface area contributed by atoms with Crippen molar-refractivity contribution >= 4 is 5.78 Å². The van der Waals surface area contributed by atoms with Gasteiger partial charge < -0.3 is 10.1 Å². The van der Waals surface area contributed by atoms with Crippen LogP contribution in [0.3, 0.4) is 0 Å². The van der Waals surface area contributed by atoms with Gasteiger partial charge in [-0.1, -0.05) is 46.0 Å². The van der Waals surface area contributed by atoms with Gasteiger partial charge in [0.05, 0.1) is 19.1 Å². The molecule has 1 heterocycles. The number of nitrogens with one attached hydrogen (secondary N) is 1. The molecule has 1 aliphatic rings. The molecular weight excluding hydrogens is 226 g/mol. The maximum Gasteiger partial charge on any atom is 0.139 e. The Morgan fingerprint density at radius 2 is 1.83 bits per heavy atom. The number of likely N-dealkylation sites (N-methyl/N-ethyl adjacent to an activating group) is 1. The molecule has 1 aliphatic heterocycles. The third-order valence-corrected chi connectivity index (χ3v) is 3.74. The van der Waals surface area contributed by atoms with E-state index in [1.54, 1.807) is 0 Å². The average Bonchev–Trinajstić information content (AvgIpc) is 2.82. The smallest absolute Gasteiger partial charge is 0.139 e. The largest absolute Gasteiger partial charge is 0.379 e. The molecule has 1 N–H and O–H groups in total. The normalized spacial score (nSPS) is 23.4. The van der Waals surface area contributed by atoms with E-state index < -0.39 is 0 Å². The van der Waals surface area contributed by atoms with E-state index >= 15 is 0 Å². The lowest BCUT2D eigenvalue weighted by Crippen LogP contribution is -2.39. The lowest BCUT2D eigenvalue weighted by molar-refractivity contribution is -0.123. The third kappa shape index (κ3) is 5.49. The van der Waals surface area contributed by atoms with Crippen molar-refractivity contribution < 1.29 is 9.53 Å². The van der Waals surface area contributed by atoms with Gasteiger partial charge in [-0.2, -0.15) is 0 Å². The molecule has 2 atom stereocenters. The van der Waals surface area contributed by atoms with Crippen LogP contribution >= 0.6 is 0 Å². The third-order valence-electron chi connectivity index (χ3n) is 3.74. The molecule has 0 saturated carbocycles. The van der Waals surface area contributed by atoms with Gasteiger partial charge in [0.1, 0.15) is 5.78 Å². The van der Waals surface area contributed by atoms with Crippen LogP contribution in [-0.2, 0) is 9.53 Å². The lowest BCUT2D eigenvalue weighted by atomic mass is 9.94. The predicted octanol–water partition coefficient (Wildman–Crippen LogP) is 2.93. The number of ketones is 1. The van der Waals surface area contributed by atoms with Crippen LogP contribution in [-0.4, -0.2) is 31.6 Å². The average molecular weight is 255 g/mol. The second-order valence-corrected chi connectivity index (χ2v) is 5.29. The Labute approximate surface area is 112 Å². The number of carbonyl (C=O) groups is 1. The fraction of sp³-hybridized carbons (Fsp3) is 0.933. The van der Waals surface area contributed by atoms with Gasteiger partial charge in [-0.25, -0.2) is 0 Å². The van der Waals surface area contributed by atoms with Crippen molar-refractivity contribution in [3.63, 3.8) is 0 Å². The van der Waals surface area contributed by atoms with E-state index in [0.717, 1.165) is 19.4 Å². The van der Waals surface area contributed by atoms with Crippen LogP contribution in [0, 0.1) is 5.92 Å². The van der Waals surface area contributed by atoms with E-state index in [1.165, 1.54) is 32.1 Å². The number of hydrogen-bond acceptors (Lipinski definition) is 3. The molecule has 2 unspecified atom stereocenters. The van der Waals surface area contributed by atoms with Gasteiger partial charge in [0, 0.05) is 12.5 Å². The van der Waals surface area contributed by atoms with Crippen molar-refractivity contribution in [2.45, 2.75) is 64.8 Å². The molecule has 0 radical (unpaired) electrons. The number of hydrogen-bond donors (Lipinski definition) is 1. The molecule has 3 heteroatoms. The molecule has 1 fully saturated rings. The number of rotatable bonds is 10. The zero-order chi connectivity index (χ0) is 13.2. The molecule has 106 valence electrons. The SMILES string of the molecule is CCCCCCCCC(=O)C1COCC1NCC. The second kappa shape index (κ2) is 9.51. The maximum absolute atomic E-state index is 12.1.